The van der Waals surface area contributed by atoms with Gasteiger partial charge in [-0.2, -0.15) is 13.6 Å². The van der Waals surface area contributed by atoms with Gasteiger partial charge in [0.15, 0.2) is 5.78 Å². The Morgan fingerprint density at radius 3 is 2.42 bits per heavy atom. The smallest absolute Gasteiger partial charge is 0.387 e. The zero-order valence-electron chi connectivity index (χ0n) is 14.0. The molecule has 0 spiro atoms. The molecule has 26 heavy (non-hydrogen) atoms. The molecule has 134 valence electrons. The van der Waals surface area contributed by atoms with E-state index in [1.165, 1.54) is 34.6 Å². The molecule has 0 fully saturated rings. The van der Waals surface area contributed by atoms with E-state index < -0.39 is 6.61 Å². The third-order valence-electron chi connectivity index (χ3n) is 3.76. The lowest BCUT2D eigenvalue weighted by atomic mass is 10.1. The summed E-state index contributed by atoms with van der Waals surface area (Å²) in [4.78, 5) is 13.5. The number of alkyl halides is 2. The van der Waals surface area contributed by atoms with Crippen LogP contribution in [0.1, 0.15) is 22.8 Å². The summed E-state index contributed by atoms with van der Waals surface area (Å²) in [5.41, 5.74) is 2.36. The van der Waals surface area contributed by atoms with Gasteiger partial charge in [0.1, 0.15) is 12.3 Å². The lowest BCUT2D eigenvalue weighted by Gasteiger charge is -2.05. The van der Waals surface area contributed by atoms with Crippen molar-refractivity contribution in [3.8, 4) is 17.1 Å². The monoisotopic (exact) mass is 358 g/mol. The van der Waals surface area contributed by atoms with Crippen LogP contribution in [-0.2, 0) is 13.0 Å². The van der Waals surface area contributed by atoms with E-state index in [1.54, 1.807) is 0 Å². The van der Waals surface area contributed by atoms with Crippen LogP contribution in [0.4, 0.5) is 8.78 Å². The summed E-state index contributed by atoms with van der Waals surface area (Å²) in [5.74, 6) is 0.160. The number of ether oxygens (including phenoxy) is 1. The van der Waals surface area contributed by atoms with Crippen molar-refractivity contribution >= 4 is 5.78 Å². The summed E-state index contributed by atoms with van der Waals surface area (Å²) in [6.07, 6.45) is 0.941. The lowest BCUT2D eigenvalue weighted by Crippen LogP contribution is -2.13. The van der Waals surface area contributed by atoms with E-state index in [-0.39, 0.29) is 18.1 Å². The van der Waals surface area contributed by atoms with Crippen LogP contribution in [0.2, 0.25) is 0 Å². The summed E-state index contributed by atoms with van der Waals surface area (Å²) in [5, 5.41) is 12.1. The SMILES string of the molecule is CCc1ccc(-c2nnn(CC(=O)c3ccc(OC(F)F)cc3)n2)cc1. The molecule has 0 radical (unpaired) electrons. The first kappa shape index (κ1) is 17.7. The number of halogens is 2. The van der Waals surface area contributed by atoms with Gasteiger partial charge in [0.05, 0.1) is 0 Å². The molecular weight excluding hydrogens is 342 g/mol. The molecule has 0 aliphatic heterocycles. The van der Waals surface area contributed by atoms with Crippen LogP contribution in [0.5, 0.6) is 5.75 Å². The topological polar surface area (TPSA) is 69.9 Å². The Bertz CT molecular complexity index is 877. The predicted octanol–water partition coefficient (Wildman–Crippen LogP) is 3.39. The molecule has 0 aliphatic rings. The third kappa shape index (κ3) is 4.27. The number of carbonyl (C=O) groups is 1. The van der Waals surface area contributed by atoms with E-state index in [0.29, 0.717) is 11.4 Å². The quantitative estimate of drug-likeness (QED) is 0.606. The van der Waals surface area contributed by atoms with Gasteiger partial charge in [-0.25, -0.2) is 0 Å². The summed E-state index contributed by atoms with van der Waals surface area (Å²) >= 11 is 0. The largest absolute Gasteiger partial charge is 0.435 e. The van der Waals surface area contributed by atoms with Crippen molar-refractivity contribution in [1.29, 1.82) is 0 Å². The van der Waals surface area contributed by atoms with E-state index in [2.05, 4.69) is 27.1 Å². The Balaban J connectivity index is 1.67. The Hall–Kier alpha value is -3.16. The van der Waals surface area contributed by atoms with Gasteiger partial charge in [-0.15, -0.1) is 10.2 Å². The highest BCUT2D eigenvalue weighted by Crippen LogP contribution is 2.17. The van der Waals surface area contributed by atoms with Crippen LogP contribution in [0.3, 0.4) is 0 Å². The van der Waals surface area contributed by atoms with Gasteiger partial charge < -0.3 is 4.74 Å². The number of nitrogens with zero attached hydrogens (tertiary/aromatic N) is 4. The molecule has 0 atom stereocenters. The zero-order chi connectivity index (χ0) is 18.5. The Morgan fingerprint density at radius 1 is 1.12 bits per heavy atom. The maximum Gasteiger partial charge on any atom is 0.387 e. The molecule has 0 amide bonds. The first-order chi connectivity index (χ1) is 12.5. The standard InChI is InChI=1S/C18H16F2N4O2/c1-2-12-3-5-14(6-4-12)17-21-23-24(22-17)11-16(25)13-7-9-15(10-8-13)26-18(19)20/h3-10,18H,2,11H2,1H3. The molecule has 0 saturated carbocycles. The number of rotatable bonds is 7. The molecule has 8 heteroatoms. The van der Waals surface area contributed by atoms with Gasteiger partial charge in [0.25, 0.3) is 0 Å². The zero-order valence-corrected chi connectivity index (χ0v) is 14.0. The number of aromatic nitrogens is 4. The van der Waals surface area contributed by atoms with Gasteiger partial charge in [-0.1, -0.05) is 31.2 Å². The predicted molar refractivity (Wildman–Crippen MR) is 90.0 cm³/mol. The van der Waals surface area contributed by atoms with E-state index in [0.717, 1.165) is 12.0 Å². The van der Waals surface area contributed by atoms with Crippen LogP contribution in [0.15, 0.2) is 48.5 Å². The van der Waals surface area contributed by atoms with Gasteiger partial charge >= 0.3 is 6.61 Å². The first-order valence-electron chi connectivity index (χ1n) is 8.00. The van der Waals surface area contributed by atoms with Crippen molar-refractivity contribution in [2.45, 2.75) is 26.5 Å². The van der Waals surface area contributed by atoms with Gasteiger partial charge in [-0.05, 0) is 41.5 Å². The minimum Gasteiger partial charge on any atom is -0.435 e. The first-order valence-corrected chi connectivity index (χ1v) is 8.00. The number of Topliss-reactive ketones (excluding diaryl/α,β-unsaturated/α-hetero) is 1. The minimum absolute atomic E-state index is 0.00626. The van der Waals surface area contributed by atoms with E-state index >= 15 is 0 Å². The number of tetrazole rings is 1. The highest BCUT2D eigenvalue weighted by molar-refractivity contribution is 5.95. The molecule has 2 aromatic carbocycles. The molecule has 3 aromatic rings. The van der Waals surface area contributed by atoms with Gasteiger partial charge in [0, 0.05) is 11.1 Å². The minimum atomic E-state index is -2.90. The van der Waals surface area contributed by atoms with Gasteiger partial charge in [0.2, 0.25) is 5.82 Å². The Kier molecular flexibility index (Phi) is 5.31. The van der Waals surface area contributed by atoms with Crippen LogP contribution in [-0.4, -0.2) is 32.6 Å². The molecule has 0 N–H and O–H groups in total. The van der Waals surface area contributed by atoms with Crippen molar-refractivity contribution in [3.05, 3.63) is 59.7 Å². The molecule has 0 saturated heterocycles. The molecule has 3 rings (SSSR count). The van der Waals surface area contributed by atoms with Crippen LogP contribution >= 0.6 is 0 Å². The van der Waals surface area contributed by atoms with Crippen LogP contribution in [0, 0.1) is 0 Å². The van der Waals surface area contributed by atoms with Crippen molar-refractivity contribution in [1.82, 2.24) is 20.2 Å². The molecule has 0 bridgehead atoms. The number of hydrogen-bond donors (Lipinski definition) is 0. The van der Waals surface area contributed by atoms with Crippen molar-refractivity contribution < 1.29 is 18.3 Å². The maximum atomic E-state index is 12.3. The molecule has 1 heterocycles. The van der Waals surface area contributed by atoms with Crippen molar-refractivity contribution in [2.75, 3.05) is 0 Å². The highest BCUT2D eigenvalue weighted by Gasteiger charge is 2.12. The van der Waals surface area contributed by atoms with E-state index in [4.69, 9.17) is 0 Å². The van der Waals surface area contributed by atoms with Crippen LogP contribution < -0.4 is 4.74 Å². The summed E-state index contributed by atoms with van der Waals surface area (Å²) in [6, 6.07) is 13.3. The average molecular weight is 358 g/mol. The van der Waals surface area contributed by atoms with E-state index in [1.807, 2.05) is 24.3 Å². The maximum absolute atomic E-state index is 12.3. The number of aryl methyl sites for hydroxylation is 1. The number of carbonyl (C=O) groups excluding carboxylic acids is 1. The number of ketones is 1. The number of hydrogen-bond acceptors (Lipinski definition) is 5. The van der Waals surface area contributed by atoms with E-state index in [9.17, 15) is 13.6 Å². The average Bonchev–Trinajstić information content (AvgIpc) is 3.10. The molecular formula is C18H16F2N4O2. The molecule has 6 nitrogen and oxygen atoms in total. The number of benzene rings is 2. The molecule has 0 unspecified atom stereocenters. The second kappa shape index (κ2) is 7.81. The van der Waals surface area contributed by atoms with Crippen LogP contribution in [0.25, 0.3) is 11.4 Å². The Morgan fingerprint density at radius 2 is 1.81 bits per heavy atom. The fourth-order valence-electron chi connectivity index (χ4n) is 2.36. The fraction of sp³-hybridized carbons (Fsp3) is 0.222. The molecule has 1 aromatic heterocycles. The second-order valence-corrected chi connectivity index (χ2v) is 5.52. The summed E-state index contributed by atoms with van der Waals surface area (Å²) in [6.45, 7) is -0.933. The lowest BCUT2D eigenvalue weighted by molar-refractivity contribution is -0.0498. The summed E-state index contributed by atoms with van der Waals surface area (Å²) in [7, 11) is 0. The molecule has 0 aliphatic carbocycles. The fourth-order valence-corrected chi connectivity index (χ4v) is 2.36. The van der Waals surface area contributed by atoms with Crippen molar-refractivity contribution in [3.63, 3.8) is 0 Å². The van der Waals surface area contributed by atoms with Gasteiger partial charge in [-0.3, -0.25) is 4.79 Å². The second-order valence-electron chi connectivity index (χ2n) is 5.52. The van der Waals surface area contributed by atoms with Crippen molar-refractivity contribution in [2.24, 2.45) is 0 Å². The third-order valence-corrected chi connectivity index (χ3v) is 3.76. The Labute approximate surface area is 148 Å². The summed E-state index contributed by atoms with van der Waals surface area (Å²) < 4.78 is 28.5. The normalized spacial score (nSPS) is 10.9. The highest BCUT2D eigenvalue weighted by atomic mass is 19.3.